The van der Waals surface area contributed by atoms with Crippen LogP contribution in [0.2, 0.25) is 0 Å². The van der Waals surface area contributed by atoms with Crippen LogP contribution in [0.4, 0.5) is 0 Å². The number of aliphatic hydroxyl groups is 1. The molecule has 0 aliphatic rings. The topological polar surface area (TPSA) is 45.4 Å². The highest BCUT2D eigenvalue weighted by Gasteiger charge is 2.01. The third kappa shape index (κ3) is 5.25. The van der Waals surface area contributed by atoms with Crippen LogP contribution in [0.25, 0.3) is 0 Å². The molecule has 1 atom stereocenters. The highest BCUT2D eigenvalue weighted by molar-refractivity contribution is 7.97. The average molecular weight is 229 g/mol. The highest BCUT2D eigenvalue weighted by atomic mass is 32.2. The molecule has 0 saturated carbocycles. The largest absolute Gasteiger partial charge is 0.464 e. The van der Waals surface area contributed by atoms with Crippen molar-refractivity contribution in [3.8, 4) is 0 Å². The number of hydrogen-bond acceptors (Lipinski definition) is 4. The monoisotopic (exact) mass is 229 g/mol. The van der Waals surface area contributed by atoms with Crippen LogP contribution in [-0.4, -0.2) is 24.0 Å². The minimum absolute atomic E-state index is 0.235. The minimum Gasteiger partial charge on any atom is -0.464 e. The summed E-state index contributed by atoms with van der Waals surface area (Å²) in [7, 11) is 0. The number of thioether (sulfide) groups is 1. The fourth-order valence-electron chi connectivity index (χ4n) is 1.26. The van der Waals surface area contributed by atoms with Crippen molar-refractivity contribution in [1.29, 1.82) is 0 Å². The molecule has 0 bridgehead atoms. The molecule has 15 heavy (non-hydrogen) atoms. The molecule has 0 saturated heterocycles. The van der Waals surface area contributed by atoms with Crippen LogP contribution in [0.3, 0.4) is 0 Å². The molecule has 1 heterocycles. The highest BCUT2D eigenvalue weighted by Crippen LogP contribution is 2.13. The molecule has 0 fully saturated rings. The Morgan fingerprint density at radius 3 is 2.87 bits per heavy atom. The lowest BCUT2D eigenvalue weighted by atomic mass is 10.3. The number of rotatable bonds is 7. The molecule has 86 valence electrons. The van der Waals surface area contributed by atoms with Crippen molar-refractivity contribution in [2.45, 2.75) is 31.7 Å². The molecular weight excluding hydrogens is 210 g/mol. The van der Waals surface area contributed by atoms with Crippen molar-refractivity contribution in [3.63, 3.8) is 0 Å². The third-order valence-electron chi connectivity index (χ3n) is 2.04. The maximum absolute atomic E-state index is 9.06. The van der Waals surface area contributed by atoms with E-state index in [1.807, 2.05) is 12.1 Å². The smallest absolute Gasteiger partial charge is 0.117 e. The Labute approximate surface area is 95.2 Å². The lowest BCUT2D eigenvalue weighted by Crippen LogP contribution is -2.18. The number of nitrogens with one attached hydrogen (secondary N) is 1. The maximum atomic E-state index is 9.06. The van der Waals surface area contributed by atoms with E-state index in [2.05, 4.69) is 11.6 Å². The van der Waals surface area contributed by atoms with Gasteiger partial charge >= 0.3 is 0 Å². The van der Waals surface area contributed by atoms with Gasteiger partial charge < -0.3 is 14.8 Å². The number of hydrogen-bond donors (Lipinski definition) is 2. The molecule has 1 aromatic heterocycles. The third-order valence-corrected chi connectivity index (χ3v) is 2.62. The van der Waals surface area contributed by atoms with Crippen LogP contribution in [0.1, 0.15) is 24.9 Å². The normalized spacial score (nSPS) is 13.0. The molecule has 0 aliphatic heterocycles. The summed E-state index contributed by atoms with van der Waals surface area (Å²) in [6, 6.07) is 4.02. The second kappa shape index (κ2) is 6.93. The van der Waals surface area contributed by atoms with Crippen molar-refractivity contribution < 1.29 is 9.52 Å². The Hall–Kier alpha value is -0.450. The van der Waals surface area contributed by atoms with Gasteiger partial charge in [-0.15, -0.1) is 0 Å². The van der Waals surface area contributed by atoms with E-state index in [-0.39, 0.29) is 6.10 Å². The Kier molecular flexibility index (Phi) is 5.83. The maximum Gasteiger partial charge on any atom is 0.117 e. The molecule has 0 aliphatic carbocycles. The van der Waals surface area contributed by atoms with Gasteiger partial charge in [0.1, 0.15) is 11.5 Å². The predicted molar refractivity (Wildman–Crippen MR) is 63.9 cm³/mol. The lowest BCUT2D eigenvalue weighted by Gasteiger charge is -2.04. The standard InChI is InChI=1S/C11H19NO2S/c1-9(13)5-6-12-7-10-3-4-11(14-10)8-15-2/h3-4,9,12-13H,5-8H2,1-2H3. The minimum atomic E-state index is -0.235. The van der Waals surface area contributed by atoms with E-state index in [1.165, 1.54) is 0 Å². The molecule has 3 nitrogen and oxygen atoms in total. The molecular formula is C11H19NO2S. The van der Waals surface area contributed by atoms with Crippen molar-refractivity contribution in [2.24, 2.45) is 0 Å². The van der Waals surface area contributed by atoms with E-state index >= 15 is 0 Å². The van der Waals surface area contributed by atoms with Crippen molar-refractivity contribution in [1.82, 2.24) is 5.32 Å². The fraction of sp³-hybridized carbons (Fsp3) is 0.636. The molecule has 0 aromatic carbocycles. The van der Waals surface area contributed by atoms with Gasteiger partial charge in [-0.25, -0.2) is 0 Å². The summed E-state index contributed by atoms with van der Waals surface area (Å²) in [6.45, 7) is 3.35. The fourth-order valence-corrected chi connectivity index (χ4v) is 1.70. The summed E-state index contributed by atoms with van der Waals surface area (Å²) in [5.41, 5.74) is 0. The van der Waals surface area contributed by atoms with Gasteiger partial charge in [-0.1, -0.05) is 0 Å². The molecule has 1 unspecified atom stereocenters. The first kappa shape index (κ1) is 12.6. The van der Waals surface area contributed by atoms with Gasteiger partial charge in [-0.3, -0.25) is 0 Å². The van der Waals surface area contributed by atoms with Gasteiger partial charge in [-0.05, 0) is 38.3 Å². The van der Waals surface area contributed by atoms with Gasteiger partial charge in [0.15, 0.2) is 0 Å². The van der Waals surface area contributed by atoms with Crippen LogP contribution in [0.15, 0.2) is 16.5 Å². The summed E-state index contributed by atoms with van der Waals surface area (Å²) in [6.07, 6.45) is 2.60. The molecule has 2 N–H and O–H groups in total. The first-order valence-electron chi connectivity index (χ1n) is 5.17. The zero-order chi connectivity index (χ0) is 11.1. The number of aliphatic hydroxyl groups excluding tert-OH is 1. The van der Waals surface area contributed by atoms with Gasteiger partial charge in [-0.2, -0.15) is 11.8 Å². The van der Waals surface area contributed by atoms with Crippen LogP contribution in [0, 0.1) is 0 Å². The van der Waals surface area contributed by atoms with Crippen LogP contribution in [0.5, 0.6) is 0 Å². The van der Waals surface area contributed by atoms with Crippen LogP contribution in [-0.2, 0) is 12.3 Å². The van der Waals surface area contributed by atoms with Crippen molar-refractivity contribution >= 4 is 11.8 Å². The Bertz CT molecular complexity index is 273. The summed E-state index contributed by atoms with van der Waals surface area (Å²) in [5.74, 6) is 2.91. The zero-order valence-electron chi connectivity index (χ0n) is 9.32. The second-order valence-electron chi connectivity index (χ2n) is 3.62. The van der Waals surface area contributed by atoms with E-state index in [9.17, 15) is 0 Å². The Balaban J connectivity index is 2.19. The first-order valence-corrected chi connectivity index (χ1v) is 6.57. The molecule has 1 rings (SSSR count). The van der Waals surface area contributed by atoms with Gasteiger partial charge in [0.25, 0.3) is 0 Å². The summed E-state index contributed by atoms with van der Waals surface area (Å²) >= 11 is 1.75. The van der Waals surface area contributed by atoms with Gasteiger partial charge in [0, 0.05) is 0 Å². The van der Waals surface area contributed by atoms with Crippen LogP contribution < -0.4 is 5.32 Å². The Morgan fingerprint density at radius 1 is 1.47 bits per heavy atom. The second-order valence-corrected chi connectivity index (χ2v) is 4.48. The summed E-state index contributed by atoms with van der Waals surface area (Å²) < 4.78 is 5.59. The molecule has 1 aromatic rings. The van der Waals surface area contributed by atoms with E-state index in [1.54, 1.807) is 18.7 Å². The van der Waals surface area contributed by atoms with E-state index in [0.29, 0.717) is 0 Å². The SMILES string of the molecule is CSCc1ccc(CNCCC(C)O)o1. The van der Waals surface area contributed by atoms with Gasteiger partial charge in [0.2, 0.25) is 0 Å². The lowest BCUT2D eigenvalue weighted by molar-refractivity contribution is 0.183. The molecule has 0 spiro atoms. The first-order chi connectivity index (χ1) is 7.22. The van der Waals surface area contributed by atoms with E-state index in [4.69, 9.17) is 9.52 Å². The quantitative estimate of drug-likeness (QED) is 0.702. The van der Waals surface area contributed by atoms with Gasteiger partial charge in [0.05, 0.1) is 18.4 Å². The van der Waals surface area contributed by atoms with Crippen LogP contribution >= 0.6 is 11.8 Å². The predicted octanol–water partition coefficient (Wildman–Crippen LogP) is 2.00. The molecule has 4 heteroatoms. The van der Waals surface area contributed by atoms with E-state index in [0.717, 1.165) is 36.8 Å². The van der Waals surface area contributed by atoms with E-state index < -0.39 is 0 Å². The van der Waals surface area contributed by atoms with Crippen molar-refractivity contribution in [3.05, 3.63) is 23.7 Å². The average Bonchev–Trinajstić information content (AvgIpc) is 2.61. The summed E-state index contributed by atoms with van der Waals surface area (Å²) in [4.78, 5) is 0. The number of furan rings is 1. The summed E-state index contributed by atoms with van der Waals surface area (Å²) in [5, 5.41) is 12.3. The molecule has 0 amide bonds. The molecule has 0 radical (unpaired) electrons. The zero-order valence-corrected chi connectivity index (χ0v) is 10.1. The van der Waals surface area contributed by atoms with Crippen molar-refractivity contribution in [2.75, 3.05) is 12.8 Å². The Morgan fingerprint density at radius 2 is 2.20 bits per heavy atom.